The summed E-state index contributed by atoms with van der Waals surface area (Å²) in [6, 6.07) is 5.94. The molecule has 0 amide bonds. The SMILES string of the molecule is N#Cc1ccc(CNC2(CO)CCC2)s1. The Morgan fingerprint density at radius 1 is 1.53 bits per heavy atom. The molecule has 1 fully saturated rings. The highest BCUT2D eigenvalue weighted by Crippen LogP contribution is 2.31. The zero-order valence-electron chi connectivity index (χ0n) is 8.49. The van der Waals surface area contributed by atoms with Gasteiger partial charge in [-0.3, -0.25) is 0 Å². The summed E-state index contributed by atoms with van der Waals surface area (Å²) in [4.78, 5) is 1.91. The molecule has 0 atom stereocenters. The van der Waals surface area contributed by atoms with Crippen LogP contribution in [0.2, 0.25) is 0 Å². The Balaban J connectivity index is 1.90. The number of aliphatic hydroxyl groups is 1. The summed E-state index contributed by atoms with van der Waals surface area (Å²) in [6.07, 6.45) is 3.31. The maximum absolute atomic E-state index is 9.25. The van der Waals surface area contributed by atoms with Crippen molar-refractivity contribution in [2.75, 3.05) is 6.61 Å². The quantitative estimate of drug-likeness (QED) is 0.814. The van der Waals surface area contributed by atoms with Crippen LogP contribution in [0.1, 0.15) is 29.0 Å². The van der Waals surface area contributed by atoms with Crippen molar-refractivity contribution in [3.8, 4) is 6.07 Å². The molecule has 0 aliphatic heterocycles. The van der Waals surface area contributed by atoms with E-state index in [1.807, 2.05) is 12.1 Å². The fourth-order valence-corrected chi connectivity index (χ4v) is 2.55. The number of rotatable bonds is 4. The average molecular weight is 222 g/mol. The molecule has 0 radical (unpaired) electrons. The van der Waals surface area contributed by atoms with Crippen LogP contribution in [0.15, 0.2) is 12.1 Å². The molecule has 1 aromatic rings. The van der Waals surface area contributed by atoms with Gasteiger partial charge in [0.05, 0.1) is 6.61 Å². The summed E-state index contributed by atoms with van der Waals surface area (Å²) in [5, 5.41) is 21.3. The van der Waals surface area contributed by atoms with E-state index in [-0.39, 0.29) is 12.1 Å². The maximum Gasteiger partial charge on any atom is 0.110 e. The molecule has 4 heteroatoms. The maximum atomic E-state index is 9.25. The Labute approximate surface area is 93.4 Å². The van der Waals surface area contributed by atoms with Gasteiger partial charge < -0.3 is 10.4 Å². The van der Waals surface area contributed by atoms with Gasteiger partial charge in [0.1, 0.15) is 10.9 Å². The first-order chi connectivity index (χ1) is 7.28. The standard InChI is InChI=1S/C11H14N2OS/c12-6-9-2-3-10(15-9)7-13-11(8-14)4-1-5-11/h2-3,13-14H,1,4-5,7-8H2. The molecule has 0 bridgehead atoms. The van der Waals surface area contributed by atoms with Crippen molar-refractivity contribution in [3.05, 3.63) is 21.9 Å². The van der Waals surface area contributed by atoms with Crippen LogP contribution in [-0.4, -0.2) is 17.3 Å². The molecule has 0 aromatic carbocycles. The summed E-state index contributed by atoms with van der Waals surface area (Å²) in [5.74, 6) is 0. The van der Waals surface area contributed by atoms with Crippen molar-refractivity contribution in [1.29, 1.82) is 5.26 Å². The van der Waals surface area contributed by atoms with E-state index in [2.05, 4.69) is 11.4 Å². The van der Waals surface area contributed by atoms with Crippen molar-refractivity contribution in [2.24, 2.45) is 0 Å². The van der Waals surface area contributed by atoms with Crippen LogP contribution in [0.4, 0.5) is 0 Å². The Morgan fingerprint density at radius 3 is 2.80 bits per heavy atom. The zero-order chi connectivity index (χ0) is 10.7. The second kappa shape index (κ2) is 4.31. The monoisotopic (exact) mass is 222 g/mol. The molecule has 0 spiro atoms. The largest absolute Gasteiger partial charge is 0.394 e. The molecule has 2 N–H and O–H groups in total. The van der Waals surface area contributed by atoms with Crippen LogP contribution in [0.3, 0.4) is 0 Å². The fraction of sp³-hybridized carbons (Fsp3) is 0.545. The first-order valence-electron chi connectivity index (χ1n) is 5.13. The van der Waals surface area contributed by atoms with Gasteiger partial charge in [0.2, 0.25) is 0 Å². The van der Waals surface area contributed by atoms with Crippen molar-refractivity contribution < 1.29 is 5.11 Å². The third kappa shape index (κ3) is 2.20. The molecular formula is C11H14N2OS. The Kier molecular flexibility index (Phi) is 3.06. The van der Waals surface area contributed by atoms with Crippen LogP contribution < -0.4 is 5.32 Å². The predicted octanol–water partition coefficient (Wildman–Crippen LogP) is 1.62. The Morgan fingerprint density at radius 2 is 2.33 bits per heavy atom. The second-order valence-corrected chi connectivity index (χ2v) is 5.19. The lowest BCUT2D eigenvalue weighted by Crippen LogP contribution is -2.53. The number of aliphatic hydroxyl groups excluding tert-OH is 1. The van der Waals surface area contributed by atoms with Gasteiger partial charge in [-0.05, 0) is 31.4 Å². The second-order valence-electron chi connectivity index (χ2n) is 4.02. The van der Waals surface area contributed by atoms with Gasteiger partial charge >= 0.3 is 0 Å². The summed E-state index contributed by atoms with van der Waals surface area (Å²) >= 11 is 1.51. The van der Waals surface area contributed by atoms with Crippen molar-refractivity contribution in [2.45, 2.75) is 31.3 Å². The van der Waals surface area contributed by atoms with Crippen LogP contribution in [-0.2, 0) is 6.54 Å². The molecule has 1 aliphatic rings. The molecule has 1 heterocycles. The minimum absolute atomic E-state index is 0.0448. The highest BCUT2D eigenvalue weighted by Gasteiger charge is 2.35. The molecule has 80 valence electrons. The number of nitriles is 1. The number of hydrogen-bond acceptors (Lipinski definition) is 4. The van der Waals surface area contributed by atoms with E-state index >= 15 is 0 Å². The van der Waals surface area contributed by atoms with Crippen LogP contribution >= 0.6 is 11.3 Å². The zero-order valence-corrected chi connectivity index (χ0v) is 9.31. The molecule has 0 saturated heterocycles. The van der Waals surface area contributed by atoms with Gasteiger partial charge in [0.15, 0.2) is 0 Å². The molecule has 1 aromatic heterocycles. The lowest BCUT2D eigenvalue weighted by molar-refractivity contribution is 0.0875. The van der Waals surface area contributed by atoms with Gasteiger partial charge in [0.25, 0.3) is 0 Å². The minimum atomic E-state index is -0.0448. The first-order valence-corrected chi connectivity index (χ1v) is 5.94. The van der Waals surface area contributed by atoms with Crippen LogP contribution in [0, 0.1) is 11.3 Å². The van der Waals surface area contributed by atoms with Crippen molar-refractivity contribution in [1.82, 2.24) is 5.32 Å². The van der Waals surface area contributed by atoms with Crippen molar-refractivity contribution >= 4 is 11.3 Å². The van der Waals surface area contributed by atoms with E-state index in [1.54, 1.807) is 0 Å². The third-order valence-electron chi connectivity index (χ3n) is 3.02. The molecule has 1 saturated carbocycles. The molecule has 0 unspecified atom stereocenters. The summed E-state index contributed by atoms with van der Waals surface area (Å²) in [7, 11) is 0. The highest BCUT2D eigenvalue weighted by atomic mass is 32.1. The topological polar surface area (TPSA) is 56.0 Å². The summed E-state index contributed by atoms with van der Waals surface area (Å²) in [5.41, 5.74) is -0.0448. The van der Waals surface area contributed by atoms with Gasteiger partial charge in [-0.25, -0.2) is 0 Å². The Bertz CT molecular complexity index is 371. The normalized spacial score (nSPS) is 18.1. The van der Waals surface area contributed by atoms with Gasteiger partial charge in [-0.15, -0.1) is 11.3 Å². The smallest absolute Gasteiger partial charge is 0.110 e. The number of nitrogens with zero attached hydrogens (tertiary/aromatic N) is 1. The number of hydrogen-bond donors (Lipinski definition) is 2. The third-order valence-corrected chi connectivity index (χ3v) is 4.01. The van der Waals surface area contributed by atoms with E-state index in [4.69, 9.17) is 5.26 Å². The minimum Gasteiger partial charge on any atom is -0.394 e. The van der Waals surface area contributed by atoms with E-state index in [0.29, 0.717) is 0 Å². The Hall–Kier alpha value is -0.890. The van der Waals surface area contributed by atoms with E-state index in [9.17, 15) is 5.11 Å². The molecule has 15 heavy (non-hydrogen) atoms. The van der Waals surface area contributed by atoms with Crippen LogP contribution in [0.5, 0.6) is 0 Å². The van der Waals surface area contributed by atoms with Gasteiger partial charge in [-0.1, -0.05) is 0 Å². The molecular weight excluding hydrogens is 208 g/mol. The lowest BCUT2D eigenvalue weighted by Gasteiger charge is -2.41. The predicted molar refractivity (Wildman–Crippen MR) is 59.5 cm³/mol. The number of nitrogens with one attached hydrogen (secondary N) is 1. The van der Waals surface area contributed by atoms with Crippen molar-refractivity contribution in [3.63, 3.8) is 0 Å². The summed E-state index contributed by atoms with van der Waals surface area (Å²) in [6.45, 7) is 0.969. The first kappa shape index (κ1) is 10.6. The molecule has 1 aliphatic carbocycles. The van der Waals surface area contributed by atoms with E-state index in [1.165, 1.54) is 17.8 Å². The molecule has 3 nitrogen and oxygen atoms in total. The molecule has 2 rings (SSSR count). The lowest BCUT2D eigenvalue weighted by atomic mass is 9.77. The van der Waals surface area contributed by atoms with E-state index in [0.717, 1.165) is 29.1 Å². The average Bonchev–Trinajstić information content (AvgIpc) is 2.65. The van der Waals surface area contributed by atoms with Crippen LogP contribution in [0.25, 0.3) is 0 Å². The summed E-state index contributed by atoms with van der Waals surface area (Å²) < 4.78 is 0. The van der Waals surface area contributed by atoms with E-state index < -0.39 is 0 Å². The van der Waals surface area contributed by atoms with Gasteiger partial charge in [0, 0.05) is 17.0 Å². The highest BCUT2D eigenvalue weighted by molar-refractivity contribution is 7.12. The number of thiophene rings is 1. The fourth-order valence-electron chi connectivity index (χ4n) is 1.80. The van der Waals surface area contributed by atoms with Gasteiger partial charge in [-0.2, -0.15) is 5.26 Å².